The van der Waals surface area contributed by atoms with Crippen LogP contribution in [0.1, 0.15) is 58.1 Å². The van der Waals surface area contributed by atoms with Gasteiger partial charge in [-0.15, -0.1) is 0 Å². The average molecular weight is 685 g/mol. The zero-order valence-corrected chi connectivity index (χ0v) is 29.1. The van der Waals surface area contributed by atoms with E-state index in [2.05, 4.69) is 24.1 Å². The van der Waals surface area contributed by atoms with Crippen LogP contribution in [0.3, 0.4) is 0 Å². The number of amides is 3. The highest BCUT2D eigenvalue weighted by atomic mass is 16.6. The number of hydrogen-bond donors (Lipinski definition) is 2. The van der Waals surface area contributed by atoms with Crippen LogP contribution in [0.2, 0.25) is 0 Å². The highest BCUT2D eigenvalue weighted by Crippen LogP contribution is 2.56. The summed E-state index contributed by atoms with van der Waals surface area (Å²) in [5, 5.41) is 12.6. The molecule has 6 rings (SSSR count). The number of aliphatic hydroxyl groups excluding tert-OH is 1. The second kappa shape index (κ2) is 15.2. The normalized spacial score (nSPS) is 30.3. The maximum Gasteiger partial charge on any atom is 0.313 e. The minimum atomic E-state index is -1.37. The quantitative estimate of drug-likeness (QED) is 0.231. The third-order valence-corrected chi connectivity index (χ3v) is 10.4. The summed E-state index contributed by atoms with van der Waals surface area (Å²) in [6.07, 6.45) is 7.33. The summed E-state index contributed by atoms with van der Waals surface area (Å²) in [5.41, 5.74) is 1.02. The fourth-order valence-corrected chi connectivity index (χ4v) is 7.97. The molecular weight excluding hydrogens is 636 g/mol. The fourth-order valence-electron chi connectivity index (χ4n) is 7.97. The van der Waals surface area contributed by atoms with E-state index in [1.807, 2.05) is 66.7 Å². The zero-order valence-electron chi connectivity index (χ0n) is 29.1. The Balaban J connectivity index is 1.42. The molecule has 3 amide bonds. The standard InChI is InChI=1S/C39H48N4O7/c1-4-41(5-2)28-17-19-29(20-18-28)42-23-11-7-10-16-31(45)40-26(3)34(27-14-8-6-9-15-27)49-38(48)32-30-21-22-39(50-30)33(32)36(46)43(24-12-13-25-44)35(39)37(42)47/h6-9,11,14-15,17-22,26,30,32-35,44H,4-5,10,12-13,16,23-25H2,1-3H3,(H,40,45)/b11-7-/t26-,30+,32-,33-,34+,35+,39-/m0/s1. The molecule has 7 atom stereocenters. The molecule has 1 spiro atoms. The Morgan fingerprint density at radius 3 is 2.40 bits per heavy atom. The van der Waals surface area contributed by atoms with Crippen LogP contribution in [0.4, 0.5) is 11.4 Å². The average Bonchev–Trinajstić information content (AvgIpc) is 3.77. The van der Waals surface area contributed by atoms with Gasteiger partial charge in [0.1, 0.15) is 23.7 Å². The molecule has 11 nitrogen and oxygen atoms in total. The van der Waals surface area contributed by atoms with Crippen molar-refractivity contribution in [1.29, 1.82) is 0 Å². The van der Waals surface area contributed by atoms with Gasteiger partial charge >= 0.3 is 5.97 Å². The van der Waals surface area contributed by atoms with E-state index < -0.39 is 47.7 Å². The van der Waals surface area contributed by atoms with Crippen molar-refractivity contribution in [3.05, 3.63) is 84.5 Å². The molecule has 50 heavy (non-hydrogen) atoms. The first kappa shape index (κ1) is 35.3. The number of cyclic esters (lactones) is 1. The van der Waals surface area contributed by atoms with Gasteiger partial charge in [-0.3, -0.25) is 19.2 Å². The molecule has 2 N–H and O–H groups in total. The predicted octanol–water partition coefficient (Wildman–Crippen LogP) is 3.93. The van der Waals surface area contributed by atoms with E-state index in [1.165, 1.54) is 0 Å². The number of likely N-dealkylation sites (tertiary alicyclic amines) is 1. The van der Waals surface area contributed by atoms with Crippen molar-refractivity contribution >= 4 is 35.1 Å². The molecule has 2 aromatic carbocycles. The van der Waals surface area contributed by atoms with Gasteiger partial charge in [-0.05, 0) is 69.9 Å². The molecule has 5 bridgehead atoms. The number of carbonyl (C=O) groups is 4. The Morgan fingerprint density at radius 1 is 0.960 bits per heavy atom. The first-order chi connectivity index (χ1) is 24.2. The summed E-state index contributed by atoms with van der Waals surface area (Å²) in [4.78, 5) is 62.2. The number of nitrogens with zero attached hydrogens (tertiary/aromatic N) is 3. The van der Waals surface area contributed by atoms with Gasteiger partial charge in [-0.2, -0.15) is 0 Å². The highest BCUT2D eigenvalue weighted by molar-refractivity contribution is 6.05. The number of benzene rings is 2. The van der Waals surface area contributed by atoms with Crippen molar-refractivity contribution in [2.75, 3.05) is 42.6 Å². The molecule has 0 unspecified atom stereocenters. The second-order valence-electron chi connectivity index (χ2n) is 13.4. The first-order valence-corrected chi connectivity index (χ1v) is 17.9. The maximum atomic E-state index is 15.0. The van der Waals surface area contributed by atoms with Crippen LogP contribution in [0.25, 0.3) is 0 Å². The molecule has 0 aromatic heterocycles. The van der Waals surface area contributed by atoms with E-state index >= 15 is 0 Å². The molecule has 2 saturated heterocycles. The van der Waals surface area contributed by atoms with Gasteiger partial charge in [-0.1, -0.05) is 54.6 Å². The van der Waals surface area contributed by atoms with Gasteiger partial charge in [0.15, 0.2) is 0 Å². The van der Waals surface area contributed by atoms with Gasteiger partial charge in [-0.25, -0.2) is 0 Å². The van der Waals surface area contributed by atoms with Crippen LogP contribution in [0, 0.1) is 11.8 Å². The Labute approximate surface area is 293 Å². The van der Waals surface area contributed by atoms with Crippen LogP contribution >= 0.6 is 0 Å². The number of ether oxygens (including phenoxy) is 2. The lowest BCUT2D eigenvalue weighted by molar-refractivity contribution is -0.161. The third kappa shape index (κ3) is 6.56. The Kier molecular flexibility index (Phi) is 10.7. The van der Waals surface area contributed by atoms with Gasteiger partial charge in [0, 0.05) is 50.6 Å². The lowest BCUT2D eigenvalue weighted by Crippen LogP contribution is -2.56. The van der Waals surface area contributed by atoms with Crippen LogP contribution in [0.15, 0.2) is 78.9 Å². The van der Waals surface area contributed by atoms with Crippen LogP contribution in [0.5, 0.6) is 0 Å². The Hall–Kier alpha value is -4.48. The van der Waals surface area contributed by atoms with Crippen molar-refractivity contribution in [1.82, 2.24) is 10.2 Å². The number of nitrogens with one attached hydrogen (secondary N) is 1. The van der Waals surface area contributed by atoms with E-state index in [9.17, 15) is 24.3 Å². The number of esters is 1. The highest BCUT2D eigenvalue weighted by Gasteiger charge is 2.73. The number of rotatable bonds is 9. The minimum absolute atomic E-state index is 0.0476. The van der Waals surface area contributed by atoms with Crippen molar-refractivity contribution in [3.63, 3.8) is 0 Å². The van der Waals surface area contributed by atoms with E-state index in [0.29, 0.717) is 30.5 Å². The summed E-state index contributed by atoms with van der Waals surface area (Å²) < 4.78 is 12.8. The Bertz CT molecular complexity index is 1610. The van der Waals surface area contributed by atoms with Crippen molar-refractivity contribution in [3.8, 4) is 0 Å². The molecule has 4 aliphatic rings. The topological polar surface area (TPSA) is 129 Å². The molecular formula is C39H48N4O7. The summed E-state index contributed by atoms with van der Waals surface area (Å²) in [6.45, 7) is 8.03. The molecule has 4 heterocycles. The number of hydrogen-bond acceptors (Lipinski definition) is 8. The maximum absolute atomic E-state index is 15.0. The SMILES string of the molecule is CCN(CC)c1ccc(N2C/C=C\CCC(=O)N[C@@H](C)[C@H](c3ccccc3)OC(=O)[C@@H]3[C@H]4C(=O)N(CCCCO)[C@H](C2=O)[C@]42C=C[C@H]3O2)cc1. The predicted molar refractivity (Wildman–Crippen MR) is 189 cm³/mol. The van der Waals surface area contributed by atoms with E-state index in [-0.39, 0.29) is 43.8 Å². The molecule has 266 valence electrons. The van der Waals surface area contributed by atoms with Crippen LogP contribution < -0.4 is 15.1 Å². The monoisotopic (exact) mass is 684 g/mol. The zero-order chi connectivity index (χ0) is 35.4. The second-order valence-corrected chi connectivity index (χ2v) is 13.4. The van der Waals surface area contributed by atoms with Gasteiger partial charge in [0.2, 0.25) is 11.8 Å². The summed E-state index contributed by atoms with van der Waals surface area (Å²) >= 11 is 0. The molecule has 0 radical (unpaired) electrons. The summed E-state index contributed by atoms with van der Waals surface area (Å²) in [7, 11) is 0. The lowest BCUT2D eigenvalue weighted by Gasteiger charge is -2.36. The van der Waals surface area contributed by atoms with E-state index in [4.69, 9.17) is 9.47 Å². The minimum Gasteiger partial charge on any atom is -0.455 e. The van der Waals surface area contributed by atoms with Crippen molar-refractivity contribution in [2.45, 2.75) is 76.3 Å². The number of aliphatic hydroxyl groups is 1. The first-order valence-electron chi connectivity index (χ1n) is 17.9. The fraction of sp³-hybridized carbons (Fsp3) is 0.487. The number of allylic oxidation sites excluding steroid dienone is 1. The van der Waals surface area contributed by atoms with Crippen molar-refractivity contribution in [2.24, 2.45) is 11.8 Å². The number of fused-ring (bicyclic) bond motifs is 2. The largest absolute Gasteiger partial charge is 0.455 e. The number of carbonyl (C=O) groups excluding carboxylic acids is 4. The number of anilines is 2. The van der Waals surface area contributed by atoms with Crippen molar-refractivity contribution < 1.29 is 33.8 Å². The third-order valence-electron chi connectivity index (χ3n) is 10.4. The lowest BCUT2D eigenvalue weighted by atomic mass is 9.74. The van der Waals surface area contributed by atoms with E-state index in [1.54, 1.807) is 28.9 Å². The number of unbranched alkanes of at least 4 members (excludes halogenated alkanes) is 1. The van der Waals surface area contributed by atoms with Gasteiger partial charge in [0.25, 0.3) is 5.91 Å². The molecule has 0 saturated carbocycles. The van der Waals surface area contributed by atoms with Gasteiger partial charge in [0.05, 0.1) is 18.1 Å². The Morgan fingerprint density at radius 2 is 1.70 bits per heavy atom. The molecule has 0 aliphatic carbocycles. The van der Waals surface area contributed by atoms with Gasteiger partial charge < -0.3 is 34.6 Å². The van der Waals surface area contributed by atoms with Crippen LogP contribution in [-0.4, -0.2) is 90.3 Å². The summed E-state index contributed by atoms with van der Waals surface area (Å²) in [5.74, 6) is -3.46. The van der Waals surface area contributed by atoms with E-state index in [0.717, 1.165) is 18.8 Å². The van der Waals surface area contributed by atoms with Crippen LogP contribution in [-0.2, 0) is 28.7 Å². The molecule has 2 fully saturated rings. The molecule has 11 heteroatoms. The molecule has 2 aromatic rings. The molecule has 4 aliphatic heterocycles. The summed E-state index contributed by atoms with van der Waals surface area (Å²) in [6, 6.07) is 15.4. The smallest absolute Gasteiger partial charge is 0.313 e.